The van der Waals surface area contributed by atoms with Gasteiger partial charge in [0.25, 0.3) is 5.91 Å². The van der Waals surface area contributed by atoms with E-state index in [-0.39, 0.29) is 11.8 Å². The number of benzene rings is 1. The lowest BCUT2D eigenvalue weighted by atomic mass is 10.1. The third-order valence-corrected chi connectivity index (χ3v) is 4.59. The fourth-order valence-corrected chi connectivity index (χ4v) is 3.37. The summed E-state index contributed by atoms with van der Waals surface area (Å²) in [6.45, 7) is 3.78. The van der Waals surface area contributed by atoms with E-state index in [2.05, 4.69) is 21.8 Å². The normalized spacial score (nSPS) is 10.8. The van der Waals surface area contributed by atoms with Gasteiger partial charge in [0.15, 0.2) is 0 Å². The average molecular weight is 342 g/mol. The molecule has 3 aromatic rings. The van der Waals surface area contributed by atoms with E-state index in [1.54, 1.807) is 11.4 Å². The molecule has 0 atom stereocenters. The van der Waals surface area contributed by atoms with Crippen LogP contribution in [0.3, 0.4) is 0 Å². The van der Waals surface area contributed by atoms with Crippen LogP contribution in [0.25, 0.3) is 10.9 Å². The molecule has 0 aliphatic carbocycles. The van der Waals surface area contributed by atoms with E-state index in [1.807, 2.05) is 30.8 Å². The highest BCUT2D eigenvalue weighted by Crippen LogP contribution is 2.23. The minimum Gasteiger partial charge on any atom is -0.346 e. The van der Waals surface area contributed by atoms with Gasteiger partial charge in [-0.25, -0.2) is 0 Å². The van der Waals surface area contributed by atoms with Gasteiger partial charge in [-0.3, -0.25) is 14.3 Å². The predicted octanol–water partition coefficient (Wildman–Crippen LogP) is 2.83. The van der Waals surface area contributed by atoms with Crippen LogP contribution in [0.15, 0.2) is 29.6 Å². The highest BCUT2D eigenvalue weighted by Gasteiger charge is 2.15. The van der Waals surface area contributed by atoms with Gasteiger partial charge in [0.2, 0.25) is 5.91 Å². The third-order valence-electron chi connectivity index (χ3n) is 3.68. The first-order valence-electron chi connectivity index (χ1n) is 7.51. The summed E-state index contributed by atoms with van der Waals surface area (Å²) < 4.78 is 1.81. The highest BCUT2D eigenvalue weighted by atomic mass is 32.1. The van der Waals surface area contributed by atoms with Gasteiger partial charge in [-0.1, -0.05) is 11.6 Å². The second-order valence-electron chi connectivity index (χ2n) is 5.62. The van der Waals surface area contributed by atoms with E-state index in [9.17, 15) is 9.59 Å². The summed E-state index contributed by atoms with van der Waals surface area (Å²) in [6.07, 6.45) is 0. The number of nitrogens with one attached hydrogen (secondary N) is 2. The Hall–Kier alpha value is -2.67. The Labute approximate surface area is 143 Å². The lowest BCUT2D eigenvalue weighted by Gasteiger charge is -2.05. The van der Waals surface area contributed by atoms with Crippen LogP contribution in [0.5, 0.6) is 0 Å². The smallest absolute Gasteiger partial charge is 0.263 e. The van der Waals surface area contributed by atoms with Crippen LogP contribution in [0.4, 0.5) is 5.69 Å². The maximum atomic E-state index is 12.4. The van der Waals surface area contributed by atoms with Crippen molar-refractivity contribution in [3.8, 4) is 0 Å². The van der Waals surface area contributed by atoms with Crippen LogP contribution < -0.4 is 10.6 Å². The SMILES string of the molecule is CC(=O)Nc1ccsc1C(=O)NCc1nn(C)c2ccc(C)cc12. The number of carbonyl (C=O) groups excluding carboxylic acids is 2. The van der Waals surface area contributed by atoms with E-state index in [1.165, 1.54) is 18.3 Å². The number of hydrogen-bond acceptors (Lipinski definition) is 4. The number of anilines is 1. The number of amides is 2. The zero-order valence-electron chi connectivity index (χ0n) is 13.7. The van der Waals surface area contributed by atoms with E-state index in [0.29, 0.717) is 17.1 Å². The molecule has 0 unspecified atom stereocenters. The summed E-state index contributed by atoms with van der Waals surface area (Å²) in [4.78, 5) is 24.1. The van der Waals surface area contributed by atoms with Crippen LogP contribution >= 0.6 is 11.3 Å². The maximum absolute atomic E-state index is 12.4. The lowest BCUT2D eigenvalue weighted by Crippen LogP contribution is -2.23. The molecule has 1 aromatic carbocycles. The molecule has 24 heavy (non-hydrogen) atoms. The van der Waals surface area contributed by atoms with Gasteiger partial charge in [0, 0.05) is 19.4 Å². The number of aryl methyl sites for hydroxylation is 2. The molecule has 0 saturated heterocycles. The molecular formula is C17H18N4O2S. The largest absolute Gasteiger partial charge is 0.346 e. The zero-order valence-corrected chi connectivity index (χ0v) is 14.5. The quantitative estimate of drug-likeness (QED) is 0.765. The van der Waals surface area contributed by atoms with Crippen molar-refractivity contribution < 1.29 is 9.59 Å². The average Bonchev–Trinajstić information content (AvgIpc) is 3.09. The van der Waals surface area contributed by atoms with Gasteiger partial charge < -0.3 is 10.6 Å². The van der Waals surface area contributed by atoms with Crippen molar-refractivity contribution in [2.75, 3.05) is 5.32 Å². The number of nitrogens with zero attached hydrogens (tertiary/aromatic N) is 2. The fourth-order valence-electron chi connectivity index (χ4n) is 2.60. The Morgan fingerprint density at radius 3 is 2.83 bits per heavy atom. The van der Waals surface area contributed by atoms with Crippen molar-refractivity contribution in [1.29, 1.82) is 0 Å². The lowest BCUT2D eigenvalue weighted by molar-refractivity contribution is -0.114. The highest BCUT2D eigenvalue weighted by molar-refractivity contribution is 7.12. The monoisotopic (exact) mass is 342 g/mol. The van der Waals surface area contributed by atoms with E-state index in [4.69, 9.17) is 0 Å². The molecule has 0 aliphatic heterocycles. The molecule has 2 heterocycles. The number of carbonyl (C=O) groups is 2. The molecule has 2 aromatic heterocycles. The molecule has 2 N–H and O–H groups in total. The molecule has 124 valence electrons. The van der Waals surface area contributed by atoms with Crippen LogP contribution in [-0.2, 0) is 18.4 Å². The minimum atomic E-state index is -0.222. The van der Waals surface area contributed by atoms with E-state index < -0.39 is 0 Å². The topological polar surface area (TPSA) is 76.0 Å². The van der Waals surface area contributed by atoms with Crippen LogP contribution in [0.1, 0.15) is 27.9 Å². The first kappa shape index (κ1) is 16.2. The zero-order chi connectivity index (χ0) is 17.3. The van der Waals surface area contributed by atoms with Crippen molar-refractivity contribution in [2.24, 2.45) is 7.05 Å². The number of fused-ring (bicyclic) bond motifs is 1. The Balaban J connectivity index is 1.79. The van der Waals surface area contributed by atoms with Crippen LogP contribution in [0, 0.1) is 6.92 Å². The second kappa shape index (κ2) is 6.45. The summed E-state index contributed by atoms with van der Waals surface area (Å²) in [5.41, 5.74) is 3.53. The first-order chi connectivity index (χ1) is 11.5. The molecule has 0 spiro atoms. The van der Waals surface area contributed by atoms with E-state index in [0.717, 1.165) is 22.2 Å². The van der Waals surface area contributed by atoms with Crippen LogP contribution in [0.2, 0.25) is 0 Å². The summed E-state index contributed by atoms with van der Waals surface area (Å²) in [5, 5.41) is 12.9. The fraction of sp³-hybridized carbons (Fsp3) is 0.235. The van der Waals surface area contributed by atoms with Crippen molar-refractivity contribution in [1.82, 2.24) is 15.1 Å². The maximum Gasteiger partial charge on any atom is 0.263 e. The van der Waals surface area contributed by atoms with Crippen molar-refractivity contribution in [2.45, 2.75) is 20.4 Å². The van der Waals surface area contributed by atoms with Crippen molar-refractivity contribution in [3.63, 3.8) is 0 Å². The molecule has 7 heteroatoms. The Morgan fingerprint density at radius 1 is 1.29 bits per heavy atom. The van der Waals surface area contributed by atoms with Gasteiger partial charge >= 0.3 is 0 Å². The summed E-state index contributed by atoms with van der Waals surface area (Å²) in [5.74, 6) is -0.422. The van der Waals surface area contributed by atoms with Crippen LogP contribution in [-0.4, -0.2) is 21.6 Å². The number of rotatable bonds is 4. The molecule has 0 radical (unpaired) electrons. The molecule has 2 amide bonds. The van der Waals surface area contributed by atoms with Crippen molar-refractivity contribution >= 4 is 39.7 Å². The molecule has 0 bridgehead atoms. The summed E-state index contributed by atoms with van der Waals surface area (Å²) in [7, 11) is 1.89. The van der Waals surface area contributed by atoms with Gasteiger partial charge in [-0.05, 0) is 30.5 Å². The summed E-state index contributed by atoms with van der Waals surface area (Å²) in [6, 6.07) is 7.85. The Kier molecular flexibility index (Phi) is 4.35. The van der Waals surface area contributed by atoms with E-state index >= 15 is 0 Å². The van der Waals surface area contributed by atoms with Gasteiger partial charge in [0.05, 0.1) is 23.4 Å². The predicted molar refractivity (Wildman–Crippen MR) is 95.2 cm³/mol. The first-order valence-corrected chi connectivity index (χ1v) is 8.39. The molecule has 0 saturated carbocycles. The Morgan fingerprint density at radius 2 is 2.08 bits per heavy atom. The molecule has 0 aliphatic rings. The molecule has 6 nitrogen and oxygen atoms in total. The number of hydrogen-bond donors (Lipinski definition) is 2. The third kappa shape index (κ3) is 3.16. The number of aromatic nitrogens is 2. The van der Waals surface area contributed by atoms with Gasteiger partial charge in [0.1, 0.15) is 4.88 Å². The molecular weight excluding hydrogens is 324 g/mol. The minimum absolute atomic E-state index is 0.200. The van der Waals surface area contributed by atoms with Gasteiger partial charge in [-0.2, -0.15) is 5.10 Å². The number of thiophene rings is 1. The Bertz CT molecular complexity index is 926. The van der Waals surface area contributed by atoms with Crippen molar-refractivity contribution in [3.05, 3.63) is 45.8 Å². The molecule has 0 fully saturated rings. The summed E-state index contributed by atoms with van der Waals surface area (Å²) >= 11 is 1.29. The standard InChI is InChI=1S/C17H18N4O2S/c1-10-4-5-15-12(8-10)14(20-21(15)3)9-18-17(23)16-13(6-7-24-16)19-11(2)22/h4-8H,9H2,1-3H3,(H,18,23)(H,19,22). The van der Waals surface area contributed by atoms with Gasteiger partial charge in [-0.15, -0.1) is 11.3 Å². The molecule has 3 rings (SSSR count). The second-order valence-corrected chi connectivity index (χ2v) is 6.53.